The lowest BCUT2D eigenvalue weighted by Crippen LogP contribution is -2.33. The molecule has 1 aliphatic heterocycles. The van der Waals surface area contributed by atoms with Crippen LogP contribution in [0.5, 0.6) is 0 Å². The zero-order chi connectivity index (χ0) is 12.3. The minimum Gasteiger partial charge on any atom is -0.378 e. The van der Waals surface area contributed by atoms with E-state index in [0.717, 1.165) is 37.3 Å². The van der Waals surface area contributed by atoms with E-state index in [2.05, 4.69) is 29.1 Å². The van der Waals surface area contributed by atoms with Crippen molar-refractivity contribution in [1.82, 2.24) is 9.97 Å². The molecule has 0 saturated carbocycles. The van der Waals surface area contributed by atoms with Crippen LogP contribution in [0.1, 0.15) is 32.3 Å². The van der Waals surface area contributed by atoms with E-state index < -0.39 is 0 Å². The summed E-state index contributed by atoms with van der Waals surface area (Å²) in [6, 6.07) is 0.412. The molecular weight excluding hydrogens is 238 g/mol. The van der Waals surface area contributed by atoms with Gasteiger partial charge in [-0.15, -0.1) is 0 Å². The van der Waals surface area contributed by atoms with Crippen LogP contribution in [0.25, 0.3) is 0 Å². The molecule has 1 aliphatic rings. The Bertz CT molecular complexity index is 386. The average molecular weight is 256 g/mol. The Morgan fingerprint density at radius 3 is 3.06 bits per heavy atom. The highest BCUT2D eigenvalue weighted by Crippen LogP contribution is 2.23. The molecule has 1 aromatic heterocycles. The van der Waals surface area contributed by atoms with Gasteiger partial charge in [0.25, 0.3) is 0 Å². The number of halogens is 1. The first-order chi connectivity index (χ1) is 8.20. The van der Waals surface area contributed by atoms with E-state index in [1.165, 1.54) is 6.33 Å². The minimum absolute atomic E-state index is 0.309. The maximum absolute atomic E-state index is 6.06. The van der Waals surface area contributed by atoms with Crippen molar-refractivity contribution in [3.8, 4) is 0 Å². The van der Waals surface area contributed by atoms with Crippen molar-refractivity contribution in [3.63, 3.8) is 0 Å². The van der Waals surface area contributed by atoms with Crippen LogP contribution in [0.4, 0.5) is 5.82 Å². The van der Waals surface area contributed by atoms with Gasteiger partial charge in [-0.2, -0.15) is 0 Å². The molecule has 1 fully saturated rings. The molecule has 5 heteroatoms. The molecule has 1 saturated heterocycles. The average Bonchev–Trinajstić information content (AvgIpc) is 2.29. The van der Waals surface area contributed by atoms with Gasteiger partial charge in [0.05, 0.1) is 6.10 Å². The van der Waals surface area contributed by atoms with Gasteiger partial charge in [-0.05, 0) is 26.2 Å². The minimum atomic E-state index is 0.309. The third-order valence-corrected chi connectivity index (χ3v) is 3.40. The lowest BCUT2D eigenvalue weighted by Gasteiger charge is -2.28. The predicted octanol–water partition coefficient (Wildman–Crippen LogP) is 2.67. The second-order valence-electron chi connectivity index (χ2n) is 4.39. The molecule has 17 heavy (non-hydrogen) atoms. The highest BCUT2D eigenvalue weighted by atomic mass is 35.5. The molecule has 94 valence electrons. The molecule has 0 radical (unpaired) electrons. The molecule has 1 N–H and O–H groups in total. The fourth-order valence-corrected chi connectivity index (χ4v) is 2.42. The van der Waals surface area contributed by atoms with Gasteiger partial charge in [0.2, 0.25) is 0 Å². The quantitative estimate of drug-likeness (QED) is 0.844. The van der Waals surface area contributed by atoms with Crippen LogP contribution >= 0.6 is 11.6 Å². The Balaban J connectivity index is 2.10. The van der Waals surface area contributed by atoms with Crippen molar-refractivity contribution >= 4 is 17.4 Å². The first kappa shape index (κ1) is 12.6. The van der Waals surface area contributed by atoms with Crippen LogP contribution in [0.2, 0.25) is 5.15 Å². The summed E-state index contributed by atoms with van der Waals surface area (Å²) in [7, 11) is 0. The van der Waals surface area contributed by atoms with E-state index in [0.29, 0.717) is 17.3 Å². The van der Waals surface area contributed by atoms with Gasteiger partial charge in [-0.1, -0.05) is 18.5 Å². The number of ether oxygens (including phenoxy) is 1. The fraction of sp³-hybridized carbons (Fsp3) is 0.667. The molecule has 0 bridgehead atoms. The first-order valence-corrected chi connectivity index (χ1v) is 6.46. The standard InChI is InChI=1S/C12H18ClN3O/c1-3-10-11(13)14-7-15-12(10)16-9-4-5-17-8(2)6-9/h7-9H,3-6H2,1-2H3,(H,14,15,16). The molecule has 2 unspecified atom stereocenters. The van der Waals surface area contributed by atoms with E-state index in [-0.39, 0.29) is 0 Å². The summed E-state index contributed by atoms with van der Waals surface area (Å²) in [4.78, 5) is 8.29. The lowest BCUT2D eigenvalue weighted by atomic mass is 10.0. The topological polar surface area (TPSA) is 47.0 Å². The number of anilines is 1. The molecule has 1 aromatic rings. The van der Waals surface area contributed by atoms with Gasteiger partial charge in [0.1, 0.15) is 17.3 Å². The summed E-state index contributed by atoms with van der Waals surface area (Å²) >= 11 is 6.06. The molecule has 2 atom stereocenters. The Hall–Kier alpha value is -0.870. The van der Waals surface area contributed by atoms with Gasteiger partial charge >= 0.3 is 0 Å². The normalized spacial score (nSPS) is 24.6. The summed E-state index contributed by atoms with van der Waals surface area (Å²) in [5.74, 6) is 0.867. The van der Waals surface area contributed by atoms with Crippen molar-refractivity contribution in [1.29, 1.82) is 0 Å². The van der Waals surface area contributed by atoms with Crippen molar-refractivity contribution in [2.75, 3.05) is 11.9 Å². The van der Waals surface area contributed by atoms with Crippen molar-refractivity contribution in [3.05, 3.63) is 17.0 Å². The Morgan fingerprint density at radius 2 is 2.35 bits per heavy atom. The van der Waals surface area contributed by atoms with Gasteiger partial charge in [0.15, 0.2) is 0 Å². The molecule has 2 rings (SSSR count). The zero-order valence-electron chi connectivity index (χ0n) is 10.2. The molecule has 0 aromatic carbocycles. The summed E-state index contributed by atoms with van der Waals surface area (Å²) < 4.78 is 5.53. The fourth-order valence-electron chi connectivity index (χ4n) is 2.15. The van der Waals surface area contributed by atoms with Crippen LogP contribution in [-0.2, 0) is 11.2 Å². The second kappa shape index (κ2) is 5.65. The SMILES string of the molecule is CCc1c(Cl)ncnc1NC1CCOC(C)C1. The molecule has 4 nitrogen and oxygen atoms in total. The highest BCUT2D eigenvalue weighted by molar-refractivity contribution is 6.30. The molecule has 2 heterocycles. The zero-order valence-corrected chi connectivity index (χ0v) is 11.0. The van der Waals surface area contributed by atoms with Crippen molar-refractivity contribution in [2.45, 2.75) is 45.3 Å². The van der Waals surface area contributed by atoms with Crippen molar-refractivity contribution in [2.24, 2.45) is 0 Å². The van der Waals surface area contributed by atoms with E-state index in [1.807, 2.05) is 0 Å². The number of hydrogen-bond donors (Lipinski definition) is 1. The van der Waals surface area contributed by atoms with Gasteiger partial charge < -0.3 is 10.1 Å². The summed E-state index contributed by atoms with van der Waals surface area (Å²) in [6.07, 6.45) is 4.66. The van der Waals surface area contributed by atoms with E-state index in [4.69, 9.17) is 16.3 Å². The van der Waals surface area contributed by atoms with Crippen LogP contribution in [0.15, 0.2) is 6.33 Å². The second-order valence-corrected chi connectivity index (χ2v) is 4.75. The molecule has 0 aliphatic carbocycles. The molecular formula is C12H18ClN3O. The maximum Gasteiger partial charge on any atom is 0.137 e. The van der Waals surface area contributed by atoms with E-state index in [9.17, 15) is 0 Å². The highest BCUT2D eigenvalue weighted by Gasteiger charge is 2.20. The number of rotatable bonds is 3. The number of nitrogens with zero attached hydrogens (tertiary/aromatic N) is 2. The van der Waals surface area contributed by atoms with Crippen molar-refractivity contribution < 1.29 is 4.74 Å². The third-order valence-electron chi connectivity index (χ3n) is 3.07. The van der Waals surface area contributed by atoms with Crippen LogP contribution in [-0.4, -0.2) is 28.7 Å². The largest absolute Gasteiger partial charge is 0.378 e. The Labute approximate surface area is 107 Å². The Morgan fingerprint density at radius 1 is 1.53 bits per heavy atom. The van der Waals surface area contributed by atoms with E-state index in [1.54, 1.807) is 0 Å². The summed E-state index contributed by atoms with van der Waals surface area (Å²) in [5.41, 5.74) is 0.994. The third kappa shape index (κ3) is 3.07. The number of aromatic nitrogens is 2. The predicted molar refractivity (Wildman–Crippen MR) is 68.5 cm³/mol. The van der Waals surface area contributed by atoms with Gasteiger partial charge in [0, 0.05) is 18.2 Å². The van der Waals surface area contributed by atoms with Crippen LogP contribution < -0.4 is 5.32 Å². The van der Waals surface area contributed by atoms with Gasteiger partial charge in [-0.25, -0.2) is 9.97 Å². The summed E-state index contributed by atoms with van der Waals surface area (Å²) in [6.45, 7) is 4.96. The Kier molecular flexibility index (Phi) is 4.18. The summed E-state index contributed by atoms with van der Waals surface area (Å²) in [5, 5.41) is 4.00. The lowest BCUT2D eigenvalue weighted by molar-refractivity contribution is 0.0231. The monoisotopic (exact) mass is 255 g/mol. The van der Waals surface area contributed by atoms with Crippen LogP contribution in [0, 0.1) is 0 Å². The number of hydrogen-bond acceptors (Lipinski definition) is 4. The number of nitrogens with one attached hydrogen (secondary N) is 1. The van der Waals surface area contributed by atoms with E-state index >= 15 is 0 Å². The first-order valence-electron chi connectivity index (χ1n) is 6.08. The molecule has 0 amide bonds. The maximum atomic E-state index is 6.06. The van der Waals surface area contributed by atoms with Crippen LogP contribution in [0.3, 0.4) is 0 Å². The smallest absolute Gasteiger partial charge is 0.137 e. The van der Waals surface area contributed by atoms with Gasteiger partial charge in [-0.3, -0.25) is 0 Å². The molecule has 0 spiro atoms.